The van der Waals surface area contributed by atoms with Gasteiger partial charge in [-0.25, -0.2) is 0 Å². The summed E-state index contributed by atoms with van der Waals surface area (Å²) in [6, 6.07) is 0. The first-order chi connectivity index (χ1) is 31.7. The number of aliphatic hydroxyl groups excluding tert-OH is 1. The number of aliphatic hydroxyl groups is 1. The average Bonchev–Trinajstić information content (AvgIpc) is 3.14. The fourth-order valence-corrected chi connectivity index (χ4v) is 8.99. The Balaban J connectivity index is -0.000000414. The predicted molar refractivity (Wildman–Crippen MR) is 274 cm³/mol. The van der Waals surface area contributed by atoms with Crippen LogP contribution in [0.25, 0.3) is 0 Å². The summed E-state index contributed by atoms with van der Waals surface area (Å²) in [5, 5.41) is 26.7. The maximum atomic E-state index is 11.7. The second kappa shape index (κ2) is 35.0. The van der Waals surface area contributed by atoms with E-state index in [0.717, 1.165) is 0 Å². The molecule has 0 amide bonds. The molecule has 70 heavy (non-hydrogen) atoms. The lowest BCUT2D eigenvalue weighted by Crippen LogP contribution is -2.46. The Kier molecular flexibility index (Phi) is 36.6. The Morgan fingerprint density at radius 3 is 1.03 bits per heavy atom. The number of alkyl halides is 1. The van der Waals surface area contributed by atoms with E-state index in [2.05, 4.69) is 93.5 Å². The lowest BCUT2D eigenvalue weighted by molar-refractivity contribution is -0.167. The molecule has 23 heteroatoms. The topological polar surface area (TPSA) is 271 Å². The maximum Gasteiger partial charge on any atom is 0.316 e. The third kappa shape index (κ3) is 35.0. The van der Waals surface area contributed by atoms with Crippen LogP contribution in [0.1, 0.15) is 141 Å². The Morgan fingerprint density at radius 2 is 0.786 bits per heavy atom. The first-order valence-electron chi connectivity index (χ1n) is 23.6. The fourth-order valence-electron chi connectivity index (χ4n) is 4.93. The molecule has 1 aliphatic heterocycles. The first kappa shape index (κ1) is 73.3. The molecule has 1 saturated heterocycles. The largest absolute Gasteiger partial charge is 0.481 e. The summed E-state index contributed by atoms with van der Waals surface area (Å²) in [4.78, 5) is 88.7. The van der Waals surface area contributed by atoms with Gasteiger partial charge < -0.3 is 52.3 Å². The number of hydrogen-bond acceptors (Lipinski definition) is 17. The summed E-state index contributed by atoms with van der Waals surface area (Å²) in [5.74, 6) is -4.71. The van der Waals surface area contributed by atoms with Gasteiger partial charge in [-0.1, -0.05) is 62.3 Å². The highest BCUT2D eigenvalue weighted by Gasteiger charge is 2.43. The molecule has 0 bridgehead atoms. The third-order valence-corrected chi connectivity index (χ3v) is 25.0. The van der Waals surface area contributed by atoms with Crippen molar-refractivity contribution in [2.24, 2.45) is 0 Å². The zero-order chi connectivity index (χ0) is 56.1. The van der Waals surface area contributed by atoms with Crippen molar-refractivity contribution >= 4 is 84.3 Å². The molecule has 0 aromatic rings. The van der Waals surface area contributed by atoms with E-state index < -0.39 is 79.1 Å². The predicted octanol–water partition coefficient (Wildman–Crippen LogP) is 8.96. The van der Waals surface area contributed by atoms with E-state index in [4.69, 9.17) is 33.0 Å². The summed E-state index contributed by atoms with van der Waals surface area (Å²) >= 11 is 4.64. The maximum absolute atomic E-state index is 11.7. The van der Waals surface area contributed by atoms with E-state index in [-0.39, 0.29) is 97.7 Å². The molecule has 0 aromatic heterocycles. The van der Waals surface area contributed by atoms with Crippen LogP contribution in [-0.2, 0) is 75.3 Å². The van der Waals surface area contributed by atoms with Gasteiger partial charge in [0.2, 0.25) is 0 Å². The third-order valence-electron chi connectivity index (χ3n) is 11.4. The van der Waals surface area contributed by atoms with Gasteiger partial charge >= 0.3 is 47.8 Å². The van der Waals surface area contributed by atoms with Gasteiger partial charge in [-0.05, 0) is 82.1 Å². The molecule has 0 spiro atoms. The van der Waals surface area contributed by atoms with Crippen LogP contribution in [0.2, 0.25) is 54.4 Å². The molecule has 3 N–H and O–H groups in total. The molecule has 0 atom stereocenters. The van der Waals surface area contributed by atoms with Crippen molar-refractivity contribution in [2.45, 2.75) is 220 Å². The van der Waals surface area contributed by atoms with Crippen LogP contribution in [0.5, 0.6) is 0 Å². The van der Waals surface area contributed by atoms with Crippen LogP contribution in [0.4, 0.5) is 0 Å². The number of carboxylic acids is 2. The zero-order valence-corrected chi connectivity index (χ0v) is 49.8. The number of esters is 6. The Morgan fingerprint density at radius 1 is 0.529 bits per heavy atom. The van der Waals surface area contributed by atoms with E-state index in [1.165, 1.54) is 6.38 Å². The van der Waals surface area contributed by atoms with Gasteiger partial charge in [-0.3, -0.25) is 38.4 Å². The Labute approximate surface area is 426 Å². The van der Waals surface area contributed by atoms with Crippen molar-refractivity contribution in [3.05, 3.63) is 0 Å². The van der Waals surface area contributed by atoms with Gasteiger partial charge in [-0.15, -0.1) is 11.6 Å². The standard InChI is InChI=1S/C15H30O5Si.C11H22O5Si.C11H20O4Si.C9H16O5.CH3Cl/c1-8-18-13(16)10-12(11-14(17)19-9-2)20-21(6,7)15(3,4)5;1-11(2,3)17(4,5)16-8(6-9(12)13)7-10(14)15;1-11(2,3)16(4,5)15-8-6-9(12)14-10(13)7-8;1-3-13-8(11)5-7(10)6-9(12)14-4-2;1-2/h12H,8-11H2,1-7H3;8H,6-7H2,1-5H3,(H,12,13)(H,14,15);8H,6-7H2,1-5H3;7,10H,3-6H2,1-2H3;1H3. The normalized spacial score (nSPS) is 13.4. The lowest BCUT2D eigenvalue weighted by atomic mass is 10.1. The SMILES string of the molecule is CC(C)(C)[Si](C)(C)OC(CC(=O)O)CC(=O)O.CC(C)(C)[Si](C)(C)OC1CC(=O)OC(=O)C1.CCOC(=O)CC(CC(=O)OCC)O[Si](C)(C)C(C)(C)C.CCOC(=O)CC(O)CC(=O)OCC.CCl. The second-order valence-corrected chi connectivity index (χ2v) is 34.9. The van der Waals surface area contributed by atoms with Crippen molar-refractivity contribution in [3.63, 3.8) is 0 Å². The van der Waals surface area contributed by atoms with Crippen LogP contribution < -0.4 is 0 Å². The van der Waals surface area contributed by atoms with Gasteiger partial charge in [0, 0.05) is 6.38 Å². The minimum Gasteiger partial charge on any atom is -0.481 e. The number of carbonyl (C=O) groups is 8. The summed E-state index contributed by atoms with van der Waals surface area (Å²) in [7, 11) is -6.10. The Hall–Kier alpha value is -3.26. The molecule has 0 radical (unpaired) electrons. The Bertz CT molecular complexity index is 1530. The minimum atomic E-state index is -2.13. The van der Waals surface area contributed by atoms with Gasteiger partial charge in [0.1, 0.15) is 0 Å². The number of cyclic esters (lactones) is 2. The highest BCUT2D eigenvalue weighted by atomic mass is 35.5. The lowest BCUT2D eigenvalue weighted by Gasteiger charge is -2.39. The van der Waals surface area contributed by atoms with Gasteiger partial charge in [0.05, 0.1) is 102 Å². The highest BCUT2D eigenvalue weighted by Crippen LogP contribution is 2.40. The zero-order valence-electron chi connectivity index (χ0n) is 46.0. The molecule has 1 aliphatic rings. The van der Waals surface area contributed by atoms with Crippen molar-refractivity contribution in [1.29, 1.82) is 0 Å². The van der Waals surface area contributed by atoms with Crippen LogP contribution in [0.15, 0.2) is 0 Å². The monoisotopic (exact) mass is 1080 g/mol. The molecule has 1 rings (SSSR count). The van der Waals surface area contributed by atoms with Crippen LogP contribution >= 0.6 is 11.6 Å². The van der Waals surface area contributed by atoms with E-state index >= 15 is 0 Å². The summed E-state index contributed by atoms with van der Waals surface area (Å²) in [5.41, 5.74) is 0. The molecule has 0 aromatic carbocycles. The molecule has 412 valence electrons. The number of carboxylic acid groups (broad SMARTS) is 2. The molecule has 0 aliphatic carbocycles. The van der Waals surface area contributed by atoms with Gasteiger partial charge in [0.15, 0.2) is 25.0 Å². The van der Waals surface area contributed by atoms with Crippen LogP contribution in [0, 0.1) is 0 Å². The van der Waals surface area contributed by atoms with E-state index in [0.29, 0.717) is 13.2 Å². The second-order valence-electron chi connectivity index (χ2n) is 20.6. The number of rotatable bonds is 22. The summed E-state index contributed by atoms with van der Waals surface area (Å²) in [6.45, 7) is 39.2. The van der Waals surface area contributed by atoms with Crippen molar-refractivity contribution in [3.8, 4) is 0 Å². The number of ether oxygens (including phenoxy) is 5. The van der Waals surface area contributed by atoms with Crippen molar-refractivity contribution in [1.82, 2.24) is 0 Å². The number of carbonyl (C=O) groups excluding carboxylic acids is 6. The fraction of sp³-hybridized carbons (Fsp3) is 0.830. The van der Waals surface area contributed by atoms with Gasteiger partial charge in [0.25, 0.3) is 0 Å². The van der Waals surface area contributed by atoms with E-state index in [1.54, 1.807) is 27.7 Å². The minimum absolute atomic E-state index is 0.00850. The molecular weight excluding hydrogens is 988 g/mol. The molecule has 0 saturated carbocycles. The summed E-state index contributed by atoms with van der Waals surface area (Å²) < 4.78 is 41.6. The van der Waals surface area contributed by atoms with Crippen molar-refractivity contribution in [2.75, 3.05) is 32.8 Å². The van der Waals surface area contributed by atoms with Gasteiger partial charge in [-0.2, -0.15) is 0 Å². The number of halogens is 1. The first-order valence-corrected chi connectivity index (χ1v) is 33.1. The van der Waals surface area contributed by atoms with E-state index in [1.807, 2.05) is 33.9 Å². The van der Waals surface area contributed by atoms with Crippen LogP contribution in [-0.4, -0.2) is 145 Å². The molecular formula is C47H91ClO19Si3. The van der Waals surface area contributed by atoms with Crippen LogP contribution in [0.3, 0.4) is 0 Å². The summed E-state index contributed by atoms with van der Waals surface area (Å²) in [6.07, 6.45) is -1.40. The van der Waals surface area contributed by atoms with E-state index in [9.17, 15) is 43.5 Å². The average molecular weight is 1080 g/mol. The van der Waals surface area contributed by atoms with Crippen molar-refractivity contribution < 1.29 is 90.6 Å². The molecule has 0 unspecified atom stereocenters. The number of aliphatic carboxylic acids is 2. The molecule has 19 nitrogen and oxygen atoms in total. The highest BCUT2D eigenvalue weighted by molar-refractivity contribution is 6.75. The molecule has 1 heterocycles. The smallest absolute Gasteiger partial charge is 0.316 e. The molecule has 1 fully saturated rings. The quantitative estimate of drug-likeness (QED) is 0.0300. The number of hydrogen-bond donors (Lipinski definition) is 3.